The second-order valence-corrected chi connectivity index (χ2v) is 7.74. The van der Waals surface area contributed by atoms with Crippen LogP contribution in [0.25, 0.3) is 0 Å². The number of nitrogens with zero attached hydrogens (tertiary/aromatic N) is 1. The molecule has 0 spiro atoms. The first kappa shape index (κ1) is 23.4. The number of hydrogen-bond acceptors (Lipinski definition) is 4. The zero-order valence-corrected chi connectivity index (χ0v) is 16.4. The van der Waals surface area contributed by atoms with E-state index in [4.69, 9.17) is 5.11 Å². The molecule has 0 bridgehead atoms. The molecule has 0 aliphatic heterocycles. The lowest BCUT2D eigenvalue weighted by molar-refractivity contribution is -0.141. The van der Waals surface area contributed by atoms with Crippen LogP contribution in [-0.4, -0.2) is 58.0 Å². The third kappa shape index (κ3) is 9.00. The van der Waals surface area contributed by atoms with Gasteiger partial charge in [0.05, 0.1) is 18.1 Å². The Morgan fingerprint density at radius 2 is 1.62 bits per heavy atom. The molecule has 0 radical (unpaired) electrons. The fraction of sp³-hybridized carbons (Fsp3) is 0.947. The highest BCUT2D eigenvalue weighted by Crippen LogP contribution is 2.20. The monoisotopic (exact) mass is 345 g/mol. The van der Waals surface area contributed by atoms with Gasteiger partial charge in [0.25, 0.3) is 0 Å². The predicted octanol–water partition coefficient (Wildman–Crippen LogP) is 2.99. The van der Waals surface area contributed by atoms with Gasteiger partial charge in [-0.05, 0) is 51.5 Å². The minimum Gasteiger partial charge on any atom is -0.481 e. The summed E-state index contributed by atoms with van der Waals surface area (Å²) in [5.74, 6) is -0.691. The molecule has 0 rings (SSSR count). The lowest BCUT2D eigenvalue weighted by atomic mass is 9.91. The average molecular weight is 346 g/mol. The van der Waals surface area contributed by atoms with Crippen LogP contribution in [0.3, 0.4) is 0 Å². The molecule has 0 fully saturated rings. The van der Waals surface area contributed by atoms with Crippen LogP contribution in [0.5, 0.6) is 0 Å². The lowest BCUT2D eigenvalue weighted by Gasteiger charge is -2.32. The SMILES string of the molecule is CCC[C@H](C)C(O)C(C)N(C)CCC(O)C[C@@H](C)CC(C)C(=O)O. The second kappa shape index (κ2) is 11.8. The van der Waals surface area contributed by atoms with Crippen molar-refractivity contribution in [3.63, 3.8) is 0 Å². The Bertz CT molecular complexity index is 350. The van der Waals surface area contributed by atoms with Crippen molar-refractivity contribution in [3.8, 4) is 0 Å². The first-order chi connectivity index (χ1) is 11.1. The van der Waals surface area contributed by atoms with Crippen LogP contribution in [0.1, 0.15) is 66.7 Å². The van der Waals surface area contributed by atoms with Crippen molar-refractivity contribution in [2.45, 2.75) is 85.0 Å². The van der Waals surface area contributed by atoms with E-state index in [1.54, 1.807) is 6.92 Å². The predicted molar refractivity (Wildman–Crippen MR) is 98.0 cm³/mol. The molecule has 5 heteroatoms. The van der Waals surface area contributed by atoms with E-state index in [9.17, 15) is 15.0 Å². The van der Waals surface area contributed by atoms with Gasteiger partial charge in [-0.25, -0.2) is 0 Å². The van der Waals surface area contributed by atoms with Crippen LogP contribution in [0, 0.1) is 17.8 Å². The molecule has 0 aromatic carbocycles. The lowest BCUT2D eigenvalue weighted by Crippen LogP contribution is -2.43. The number of hydrogen-bond donors (Lipinski definition) is 3. The Morgan fingerprint density at radius 1 is 1.04 bits per heavy atom. The van der Waals surface area contributed by atoms with Gasteiger partial charge >= 0.3 is 5.97 Å². The number of aliphatic hydroxyl groups excluding tert-OH is 2. The molecule has 0 aliphatic rings. The molecular weight excluding hydrogens is 306 g/mol. The number of rotatable bonds is 13. The van der Waals surface area contributed by atoms with E-state index < -0.39 is 12.1 Å². The van der Waals surface area contributed by atoms with Gasteiger partial charge in [0.2, 0.25) is 0 Å². The third-order valence-electron chi connectivity index (χ3n) is 5.18. The summed E-state index contributed by atoms with van der Waals surface area (Å²) < 4.78 is 0. The maximum atomic E-state index is 10.9. The summed E-state index contributed by atoms with van der Waals surface area (Å²) in [6.07, 6.45) is 3.15. The molecular formula is C19H39NO4. The molecule has 144 valence electrons. The van der Waals surface area contributed by atoms with Gasteiger partial charge in [-0.3, -0.25) is 4.79 Å². The van der Waals surface area contributed by atoms with Gasteiger partial charge < -0.3 is 20.2 Å². The normalized spacial score (nSPS) is 19.5. The topological polar surface area (TPSA) is 81.0 Å². The number of carboxylic acids is 1. The van der Waals surface area contributed by atoms with Gasteiger partial charge in [0, 0.05) is 12.6 Å². The molecule has 0 aromatic rings. The van der Waals surface area contributed by atoms with Gasteiger partial charge in [0.1, 0.15) is 0 Å². The number of aliphatic carboxylic acids is 1. The first-order valence-electron chi connectivity index (χ1n) is 9.39. The highest BCUT2D eigenvalue weighted by Gasteiger charge is 2.24. The number of carbonyl (C=O) groups is 1. The minimum absolute atomic E-state index is 0.0585. The molecule has 0 saturated carbocycles. The fourth-order valence-electron chi connectivity index (χ4n) is 3.30. The van der Waals surface area contributed by atoms with Crippen molar-refractivity contribution >= 4 is 5.97 Å². The standard InChI is InChI=1S/C19H39NO4/c1-7-8-14(3)18(22)16(5)20(6)10-9-17(21)12-13(2)11-15(4)19(23)24/h13-18,21-22H,7-12H2,1-6H3,(H,23,24)/t13-,14-,15?,16?,17?,18?/m0/s1. The van der Waals surface area contributed by atoms with E-state index >= 15 is 0 Å². The summed E-state index contributed by atoms with van der Waals surface area (Å²) in [4.78, 5) is 13.0. The van der Waals surface area contributed by atoms with Crippen LogP contribution in [0.15, 0.2) is 0 Å². The number of aliphatic hydroxyl groups is 2. The van der Waals surface area contributed by atoms with Crippen LogP contribution in [0.2, 0.25) is 0 Å². The van der Waals surface area contributed by atoms with Gasteiger partial charge in [-0.15, -0.1) is 0 Å². The molecule has 0 aliphatic carbocycles. The quantitative estimate of drug-likeness (QED) is 0.478. The van der Waals surface area contributed by atoms with Crippen molar-refractivity contribution in [1.29, 1.82) is 0 Å². The van der Waals surface area contributed by atoms with Crippen LogP contribution in [0.4, 0.5) is 0 Å². The summed E-state index contributed by atoms with van der Waals surface area (Å²) in [7, 11) is 1.98. The van der Waals surface area contributed by atoms with Gasteiger partial charge in [-0.2, -0.15) is 0 Å². The Kier molecular flexibility index (Phi) is 11.5. The van der Waals surface area contributed by atoms with Crippen LogP contribution >= 0.6 is 0 Å². The zero-order valence-electron chi connectivity index (χ0n) is 16.4. The molecule has 4 unspecified atom stereocenters. The maximum absolute atomic E-state index is 10.9. The third-order valence-corrected chi connectivity index (χ3v) is 5.18. The summed E-state index contributed by atoms with van der Waals surface area (Å²) in [6, 6.07) is 0.0585. The molecule has 0 heterocycles. The Balaban J connectivity index is 4.20. The van der Waals surface area contributed by atoms with Crippen molar-refractivity contribution < 1.29 is 20.1 Å². The van der Waals surface area contributed by atoms with E-state index in [-0.39, 0.29) is 29.9 Å². The van der Waals surface area contributed by atoms with Gasteiger partial charge in [-0.1, -0.05) is 34.1 Å². The molecule has 0 aromatic heterocycles. The van der Waals surface area contributed by atoms with Crippen molar-refractivity contribution in [3.05, 3.63) is 0 Å². The van der Waals surface area contributed by atoms with E-state index in [0.717, 1.165) is 19.4 Å². The Labute approximate surface area is 148 Å². The van der Waals surface area contributed by atoms with E-state index in [2.05, 4.69) is 18.7 Å². The number of carboxylic acid groups (broad SMARTS) is 1. The van der Waals surface area contributed by atoms with Crippen molar-refractivity contribution in [1.82, 2.24) is 4.90 Å². The fourth-order valence-corrected chi connectivity index (χ4v) is 3.30. The maximum Gasteiger partial charge on any atom is 0.306 e. The summed E-state index contributed by atoms with van der Waals surface area (Å²) in [5, 5.41) is 29.5. The van der Waals surface area contributed by atoms with Crippen LogP contribution in [-0.2, 0) is 4.79 Å². The summed E-state index contributed by atoms with van der Waals surface area (Å²) in [6.45, 7) is 10.7. The smallest absolute Gasteiger partial charge is 0.306 e. The molecule has 0 saturated heterocycles. The largest absolute Gasteiger partial charge is 0.481 e. The Morgan fingerprint density at radius 3 is 2.12 bits per heavy atom. The average Bonchev–Trinajstić information content (AvgIpc) is 2.50. The zero-order chi connectivity index (χ0) is 18.9. The summed E-state index contributed by atoms with van der Waals surface area (Å²) in [5.41, 5.74) is 0. The molecule has 0 amide bonds. The minimum atomic E-state index is -0.778. The van der Waals surface area contributed by atoms with E-state index in [0.29, 0.717) is 19.3 Å². The van der Waals surface area contributed by atoms with Crippen LogP contribution < -0.4 is 0 Å². The summed E-state index contributed by atoms with van der Waals surface area (Å²) >= 11 is 0. The van der Waals surface area contributed by atoms with E-state index in [1.165, 1.54) is 0 Å². The molecule has 24 heavy (non-hydrogen) atoms. The first-order valence-corrected chi connectivity index (χ1v) is 9.39. The van der Waals surface area contributed by atoms with Crippen molar-refractivity contribution in [2.75, 3.05) is 13.6 Å². The van der Waals surface area contributed by atoms with Crippen molar-refractivity contribution in [2.24, 2.45) is 17.8 Å². The van der Waals surface area contributed by atoms with E-state index in [1.807, 2.05) is 20.9 Å². The number of likely N-dealkylation sites (N-methyl/N-ethyl adjacent to an activating group) is 1. The highest BCUT2D eigenvalue weighted by atomic mass is 16.4. The Hall–Kier alpha value is -0.650. The molecule has 5 nitrogen and oxygen atoms in total. The van der Waals surface area contributed by atoms with Gasteiger partial charge in [0.15, 0.2) is 0 Å². The molecule has 6 atom stereocenters. The second-order valence-electron chi connectivity index (χ2n) is 7.74. The highest BCUT2D eigenvalue weighted by molar-refractivity contribution is 5.69. The molecule has 3 N–H and O–H groups in total.